The van der Waals surface area contributed by atoms with Crippen molar-refractivity contribution in [1.82, 2.24) is 65.0 Å². The van der Waals surface area contributed by atoms with Crippen LogP contribution in [0.3, 0.4) is 0 Å². The lowest BCUT2D eigenvalue weighted by atomic mass is 10.1. The van der Waals surface area contributed by atoms with E-state index in [1.807, 2.05) is 103 Å². The fourth-order valence-electron chi connectivity index (χ4n) is 11.9. The van der Waals surface area contributed by atoms with E-state index >= 15 is 0 Å². The molecule has 0 atom stereocenters. The molecule has 0 saturated heterocycles. The van der Waals surface area contributed by atoms with Crippen LogP contribution in [0.2, 0.25) is 0 Å². The Bertz CT molecular complexity index is 5140. The first-order valence-corrected chi connectivity index (χ1v) is 30.3. The minimum atomic E-state index is -0.379. The molecule has 0 saturated carbocycles. The molecule has 5 aromatic heterocycles. The Morgan fingerprint density at radius 2 is 0.880 bits per heavy atom. The Morgan fingerprint density at radius 3 is 1.41 bits per heavy atom. The van der Waals surface area contributed by atoms with Crippen molar-refractivity contribution >= 4 is 117 Å². The van der Waals surface area contributed by atoms with Gasteiger partial charge in [-0.15, -0.1) is 15.3 Å². The molecular formula is C68H55BrN18O5. The number of para-hydroxylation sites is 3. The zero-order valence-corrected chi connectivity index (χ0v) is 51.0. The average molecular weight is 1280 g/mol. The molecule has 0 radical (unpaired) electrons. The molecule has 3 amide bonds. The lowest BCUT2D eigenvalue weighted by Gasteiger charge is -2.07. The van der Waals surface area contributed by atoms with Crippen LogP contribution in [0.25, 0.3) is 88.8 Å². The summed E-state index contributed by atoms with van der Waals surface area (Å²) in [5, 5.41) is 25.8. The van der Waals surface area contributed by atoms with E-state index in [4.69, 9.17) is 20.7 Å². The van der Waals surface area contributed by atoms with Crippen molar-refractivity contribution in [3.8, 4) is 34.2 Å². The Morgan fingerprint density at radius 1 is 0.435 bits per heavy atom. The third-order valence-electron chi connectivity index (χ3n) is 16.2. The number of carbonyl (C=O) groups excluding carboxylic acids is 3. The summed E-state index contributed by atoms with van der Waals surface area (Å²) in [5.74, 6) is 2.90. The molecule has 454 valence electrons. The molecule has 0 aliphatic carbocycles. The Hall–Kier alpha value is -11.9. The van der Waals surface area contributed by atoms with Crippen LogP contribution in [-0.2, 0) is 19.6 Å². The normalized spacial score (nSPS) is 13.5. The molecule has 23 nitrogen and oxygen atoms in total. The molecule has 5 aliphatic rings. The second-order valence-corrected chi connectivity index (χ2v) is 23.0. The number of nitrogens with two attached hydrogens (primary N) is 1. The van der Waals surface area contributed by atoms with Crippen molar-refractivity contribution in [1.29, 1.82) is 0 Å². The van der Waals surface area contributed by atoms with Crippen LogP contribution < -0.4 is 54.5 Å². The van der Waals surface area contributed by atoms with E-state index in [0.29, 0.717) is 52.8 Å². The van der Waals surface area contributed by atoms with Crippen LogP contribution >= 0.6 is 15.9 Å². The highest BCUT2D eigenvalue weighted by molar-refractivity contribution is 9.10. The Balaban J connectivity index is 0.000000101. The summed E-state index contributed by atoms with van der Waals surface area (Å²) >= 11 is 3.45. The molecule has 0 spiro atoms. The number of nitrogens with one attached hydrogen (secondary N) is 7. The predicted octanol–water partition coefficient (Wildman–Crippen LogP) is 9.79. The standard InChI is InChI=1S/2C17H15N3O.C16H12BrN3O.C9H7N5O.C9H6N4O/c1-11-4-2-5-12(10-11)16-19-14-7-3-6-13-15(14)20(16)9-8-18-17(13)21;1-11-5-7-12(8-6-11)16-19-14-4-2-3-13-15(14)20(16)10-9-18-17(13)21;17-11-6-4-10(5-7-11)15-19-13-3-1-2-12-14(13)20(15)9-8-18-16(12)21;10-8-7-6-4(9(15)14-13-8)2-1-3-5(6)11-12-7;14-9-5-2-1-3-6-8(5)7(12-11-6)4-10-13-9/h2-7,10H,8-9H2,1H3,(H,18,21);2-8H,9-10H2,1H3,(H,18,21);1-7H,8-9H2,(H,18,21);1-3,11-12H,10H2;1-4,11-12H. The SMILES string of the molecule is Cc1ccc(-c2nc3cccc4c3n2CCNC4=O)cc1.Cc1cccc(-c2nc3cccc4c3n2CCNC4=O)c1.Nc1nnc(=O)c2cccc3c2c1NN3.O=C1NCCn2c(-c3ccc(Br)cc3)nc3cccc1c32.O=c1nncc2c3c(cccc13)NN2. The van der Waals surface area contributed by atoms with Crippen molar-refractivity contribution in [2.24, 2.45) is 0 Å². The van der Waals surface area contributed by atoms with Crippen molar-refractivity contribution < 1.29 is 14.4 Å². The average Bonchev–Trinajstić information content (AvgIpc) is 1.82. The third kappa shape index (κ3) is 10.8. The summed E-state index contributed by atoms with van der Waals surface area (Å²) in [6, 6.07) is 52.6. The maximum atomic E-state index is 12.1. The lowest BCUT2D eigenvalue weighted by molar-refractivity contribution is 0.0948. The molecule has 24 heteroatoms. The number of halogens is 1. The Labute approximate surface area is 531 Å². The van der Waals surface area contributed by atoms with E-state index in [1.54, 1.807) is 18.2 Å². The molecule has 92 heavy (non-hydrogen) atoms. The largest absolute Gasteiger partial charge is 0.380 e. The van der Waals surface area contributed by atoms with Gasteiger partial charge in [-0.25, -0.2) is 15.0 Å². The quantitative estimate of drug-likeness (QED) is 0.0816. The van der Waals surface area contributed by atoms with E-state index in [0.717, 1.165) is 119 Å². The second-order valence-electron chi connectivity index (χ2n) is 22.1. The molecule has 0 bridgehead atoms. The predicted molar refractivity (Wildman–Crippen MR) is 360 cm³/mol. The molecule has 18 rings (SSSR count). The number of nitrogens with zero attached hydrogens (tertiary/aromatic N) is 10. The van der Waals surface area contributed by atoms with Gasteiger partial charge in [0.1, 0.15) is 23.2 Å². The van der Waals surface area contributed by atoms with Gasteiger partial charge in [-0.2, -0.15) is 5.10 Å². The smallest absolute Gasteiger partial charge is 0.296 e. The highest BCUT2D eigenvalue weighted by atomic mass is 79.9. The van der Waals surface area contributed by atoms with Gasteiger partial charge in [0.05, 0.1) is 83.8 Å². The van der Waals surface area contributed by atoms with Gasteiger partial charge in [-0.3, -0.25) is 34.8 Å². The van der Waals surface area contributed by atoms with Gasteiger partial charge < -0.3 is 46.2 Å². The second kappa shape index (κ2) is 24.2. The van der Waals surface area contributed by atoms with Crippen molar-refractivity contribution in [2.45, 2.75) is 33.5 Å². The van der Waals surface area contributed by atoms with Crippen LogP contribution in [0.4, 0.5) is 28.6 Å². The molecule has 10 heterocycles. The van der Waals surface area contributed by atoms with Crippen LogP contribution in [0.15, 0.2) is 184 Å². The van der Waals surface area contributed by atoms with Gasteiger partial charge in [0.2, 0.25) is 0 Å². The molecule has 8 aromatic carbocycles. The fraction of sp³-hybridized carbons (Fsp3) is 0.118. The monoisotopic (exact) mass is 1280 g/mol. The number of aryl methyl sites for hydroxylation is 2. The number of amides is 3. The summed E-state index contributed by atoms with van der Waals surface area (Å²) in [4.78, 5) is 73.7. The number of hydrogen-bond acceptors (Lipinski definition) is 17. The summed E-state index contributed by atoms with van der Waals surface area (Å²) in [5.41, 5.74) is 32.9. The molecular weight excluding hydrogens is 1230 g/mol. The van der Waals surface area contributed by atoms with Crippen LogP contribution in [-0.4, -0.2) is 86.4 Å². The molecule has 0 unspecified atom stereocenters. The number of nitrogen functional groups attached to an aromatic ring is 1. The van der Waals surface area contributed by atoms with Crippen molar-refractivity contribution in [3.05, 3.63) is 223 Å². The highest BCUT2D eigenvalue weighted by Gasteiger charge is 2.25. The summed E-state index contributed by atoms with van der Waals surface area (Å²) in [6.45, 7) is 8.21. The van der Waals surface area contributed by atoms with Gasteiger partial charge in [-0.05, 0) is 92.7 Å². The van der Waals surface area contributed by atoms with Crippen molar-refractivity contribution in [3.63, 3.8) is 0 Å². The first kappa shape index (κ1) is 57.8. The number of rotatable bonds is 3. The maximum absolute atomic E-state index is 12.1. The number of aromatic nitrogens is 10. The number of imidazole rings is 3. The fourth-order valence-corrected chi connectivity index (χ4v) is 12.2. The highest BCUT2D eigenvalue weighted by Crippen LogP contribution is 2.37. The van der Waals surface area contributed by atoms with Gasteiger partial charge >= 0.3 is 0 Å². The summed E-state index contributed by atoms with van der Waals surface area (Å²) < 4.78 is 7.46. The lowest BCUT2D eigenvalue weighted by Crippen LogP contribution is -2.24. The van der Waals surface area contributed by atoms with E-state index in [1.165, 1.54) is 17.3 Å². The van der Waals surface area contributed by atoms with Gasteiger partial charge in [0.25, 0.3) is 28.8 Å². The molecule has 0 fully saturated rings. The topological polar surface area (TPSA) is 301 Å². The van der Waals surface area contributed by atoms with E-state index in [2.05, 4.69) is 144 Å². The van der Waals surface area contributed by atoms with Crippen LogP contribution in [0, 0.1) is 13.8 Å². The first-order valence-electron chi connectivity index (χ1n) is 29.5. The third-order valence-corrected chi connectivity index (χ3v) is 16.7. The maximum Gasteiger partial charge on any atom is 0.296 e. The summed E-state index contributed by atoms with van der Waals surface area (Å²) in [6.07, 6.45) is 1.53. The minimum absolute atomic E-state index is 0.0185. The van der Waals surface area contributed by atoms with Crippen molar-refractivity contribution in [2.75, 3.05) is 47.1 Å². The number of hydrazine groups is 2. The Kier molecular flexibility index (Phi) is 15.2. The molecule has 13 aromatic rings. The van der Waals surface area contributed by atoms with Gasteiger partial charge in [0.15, 0.2) is 5.82 Å². The molecule has 5 aliphatic heterocycles. The van der Waals surface area contributed by atoms with Crippen LogP contribution in [0.1, 0.15) is 42.2 Å². The minimum Gasteiger partial charge on any atom is -0.380 e. The zero-order chi connectivity index (χ0) is 63.1. The zero-order valence-electron chi connectivity index (χ0n) is 49.4. The molecule has 9 N–H and O–H groups in total. The van der Waals surface area contributed by atoms with E-state index in [9.17, 15) is 24.0 Å². The van der Waals surface area contributed by atoms with Crippen LogP contribution in [0.5, 0.6) is 0 Å². The number of hydrogen-bond donors (Lipinski definition) is 8. The summed E-state index contributed by atoms with van der Waals surface area (Å²) in [7, 11) is 0. The van der Waals surface area contributed by atoms with E-state index in [-0.39, 0.29) is 34.7 Å². The van der Waals surface area contributed by atoms with E-state index < -0.39 is 0 Å². The van der Waals surface area contributed by atoms with Gasteiger partial charge in [0, 0.05) is 71.2 Å². The number of anilines is 5. The first-order chi connectivity index (χ1) is 44.8. The number of carbonyl (C=O) groups is 3. The van der Waals surface area contributed by atoms with Gasteiger partial charge in [-0.1, -0.05) is 112 Å². The number of benzene rings is 8.